The first-order chi connectivity index (χ1) is 19.2. The zero-order valence-electron chi connectivity index (χ0n) is 21.2. The van der Waals surface area contributed by atoms with Gasteiger partial charge in [0.05, 0.1) is 22.2 Å². The van der Waals surface area contributed by atoms with Crippen molar-refractivity contribution in [3.63, 3.8) is 0 Å². The van der Waals surface area contributed by atoms with E-state index in [0.717, 1.165) is 0 Å². The van der Waals surface area contributed by atoms with Gasteiger partial charge in [-0.25, -0.2) is 0 Å². The van der Waals surface area contributed by atoms with Gasteiger partial charge >= 0.3 is 11.9 Å². The number of rotatable bonds is 8. The molecular formula is C30H26N4O6. The Labute approximate surface area is 228 Å². The molecule has 0 saturated heterocycles. The number of hydrogen-bond acceptors (Lipinski definition) is 6. The summed E-state index contributed by atoms with van der Waals surface area (Å²) in [6, 6.07) is 18.3. The molecule has 5 aromatic rings. The van der Waals surface area contributed by atoms with Crippen LogP contribution in [-0.4, -0.2) is 55.2 Å². The fourth-order valence-corrected chi connectivity index (χ4v) is 4.93. The number of aliphatic carboxylic acids is 2. The van der Waals surface area contributed by atoms with E-state index in [0.29, 0.717) is 32.9 Å². The Balaban J connectivity index is 1.58. The average Bonchev–Trinajstić information content (AvgIpc) is 3.51. The van der Waals surface area contributed by atoms with Gasteiger partial charge < -0.3 is 21.7 Å². The molecule has 0 aliphatic rings. The Kier molecular flexibility index (Phi) is 7.03. The molecule has 6 N–H and O–H groups in total. The first kappa shape index (κ1) is 26.5. The molecule has 3 aromatic carbocycles. The lowest BCUT2D eigenvalue weighted by molar-refractivity contribution is -0.139. The van der Waals surface area contributed by atoms with Gasteiger partial charge in [0.25, 0.3) is 11.8 Å². The summed E-state index contributed by atoms with van der Waals surface area (Å²) in [7, 11) is 0. The number of aromatic nitrogens is 2. The van der Waals surface area contributed by atoms with Crippen molar-refractivity contribution in [2.75, 3.05) is 0 Å². The molecule has 0 spiro atoms. The molecule has 2 aromatic heterocycles. The topological polar surface area (TPSA) is 171 Å². The number of benzene rings is 3. The lowest BCUT2D eigenvalue weighted by atomic mass is 10.1. The summed E-state index contributed by atoms with van der Waals surface area (Å²) in [6.45, 7) is 0. The van der Waals surface area contributed by atoms with Gasteiger partial charge in [-0.15, -0.1) is 0 Å². The van der Waals surface area contributed by atoms with E-state index < -0.39 is 35.8 Å². The summed E-state index contributed by atoms with van der Waals surface area (Å²) in [5.74, 6) is -3.25. The number of fused-ring (bicyclic) bond motifs is 2. The molecule has 0 saturated carbocycles. The standard InChI is InChI=1S/C30H26N4O6/c31-23(29(37)38)13-17-15-33(25-11-5-3-7-19(17)25)27(35)21-9-1-2-10-22(21)28(36)34-16-18(14-24(32)30(39)40)20-8-4-6-12-26(20)34/h1-12,15-16,23-24H,13-14,31-32H2,(H,37,38)(H,39,40). The van der Waals surface area contributed by atoms with Crippen molar-refractivity contribution in [3.05, 3.63) is 107 Å². The lowest BCUT2D eigenvalue weighted by Crippen LogP contribution is -2.32. The van der Waals surface area contributed by atoms with Crippen LogP contribution < -0.4 is 11.5 Å². The molecule has 202 valence electrons. The zero-order chi connectivity index (χ0) is 28.6. The van der Waals surface area contributed by atoms with Gasteiger partial charge in [0.1, 0.15) is 12.1 Å². The van der Waals surface area contributed by atoms with Gasteiger partial charge in [-0.1, -0.05) is 48.5 Å². The second-order valence-corrected chi connectivity index (χ2v) is 9.54. The minimum absolute atomic E-state index is 0.0211. The first-order valence-electron chi connectivity index (χ1n) is 12.5. The van der Waals surface area contributed by atoms with Gasteiger partial charge in [0.15, 0.2) is 0 Å². The van der Waals surface area contributed by atoms with Gasteiger partial charge in [-0.2, -0.15) is 0 Å². The van der Waals surface area contributed by atoms with Gasteiger partial charge in [-0.05, 0) is 35.4 Å². The third-order valence-electron chi connectivity index (χ3n) is 6.93. The van der Waals surface area contributed by atoms with Crippen molar-refractivity contribution in [2.45, 2.75) is 24.9 Å². The van der Waals surface area contributed by atoms with E-state index in [-0.39, 0.29) is 24.0 Å². The number of carboxylic acids is 2. The van der Waals surface area contributed by atoms with Crippen LogP contribution in [0.4, 0.5) is 0 Å². The smallest absolute Gasteiger partial charge is 0.320 e. The summed E-state index contributed by atoms with van der Waals surface area (Å²) in [5.41, 5.74) is 14.1. The van der Waals surface area contributed by atoms with Crippen molar-refractivity contribution in [1.82, 2.24) is 9.13 Å². The van der Waals surface area contributed by atoms with E-state index in [1.165, 1.54) is 9.13 Å². The van der Waals surface area contributed by atoms with E-state index in [1.54, 1.807) is 85.2 Å². The third kappa shape index (κ3) is 4.77. The number of hydrogen-bond donors (Lipinski definition) is 4. The second-order valence-electron chi connectivity index (χ2n) is 9.54. The highest BCUT2D eigenvalue weighted by Crippen LogP contribution is 2.27. The predicted molar refractivity (Wildman–Crippen MR) is 148 cm³/mol. The number of nitrogens with two attached hydrogens (primary N) is 2. The number of nitrogens with zero attached hydrogens (tertiary/aromatic N) is 2. The van der Waals surface area contributed by atoms with Gasteiger partial charge in [0, 0.05) is 36.0 Å². The third-order valence-corrected chi connectivity index (χ3v) is 6.93. The van der Waals surface area contributed by atoms with Crippen molar-refractivity contribution in [1.29, 1.82) is 0 Å². The average molecular weight is 539 g/mol. The molecule has 2 unspecified atom stereocenters. The predicted octanol–water partition coefficient (Wildman–Crippen LogP) is 2.88. The molecule has 0 radical (unpaired) electrons. The second kappa shape index (κ2) is 10.6. The van der Waals surface area contributed by atoms with E-state index in [1.807, 2.05) is 0 Å². The summed E-state index contributed by atoms with van der Waals surface area (Å²) in [5, 5.41) is 20.0. The largest absolute Gasteiger partial charge is 0.480 e. The molecule has 0 bridgehead atoms. The van der Waals surface area contributed by atoms with E-state index >= 15 is 0 Å². The van der Waals surface area contributed by atoms with Crippen molar-refractivity contribution in [2.24, 2.45) is 11.5 Å². The summed E-state index contributed by atoms with van der Waals surface area (Å²) >= 11 is 0. The molecule has 0 fully saturated rings. The SMILES string of the molecule is NC(Cc1cn(C(=O)c2ccccc2C(=O)n2cc(CC(N)C(=O)O)c3ccccc32)c2ccccc12)C(=O)O. The number of carbonyl (C=O) groups is 4. The molecule has 10 nitrogen and oxygen atoms in total. The quantitative estimate of drug-likeness (QED) is 0.234. The highest BCUT2D eigenvalue weighted by molar-refractivity contribution is 6.13. The van der Waals surface area contributed by atoms with Crippen LogP contribution >= 0.6 is 0 Å². The molecule has 2 atom stereocenters. The van der Waals surface area contributed by atoms with Crippen LogP contribution in [0.15, 0.2) is 85.2 Å². The molecule has 2 heterocycles. The Bertz CT molecular complexity index is 1670. The minimum Gasteiger partial charge on any atom is -0.480 e. The van der Waals surface area contributed by atoms with Crippen LogP contribution in [0.5, 0.6) is 0 Å². The maximum atomic E-state index is 13.9. The molecule has 0 amide bonds. The number of carboxylic acid groups (broad SMARTS) is 2. The van der Waals surface area contributed by atoms with Gasteiger partial charge in [0.2, 0.25) is 0 Å². The van der Waals surface area contributed by atoms with Crippen molar-refractivity contribution < 1.29 is 29.4 Å². The number of carbonyl (C=O) groups excluding carboxylic acids is 2. The summed E-state index contributed by atoms with van der Waals surface area (Å²) in [4.78, 5) is 50.6. The molecule has 40 heavy (non-hydrogen) atoms. The summed E-state index contributed by atoms with van der Waals surface area (Å²) < 4.78 is 2.80. The van der Waals surface area contributed by atoms with Crippen molar-refractivity contribution >= 4 is 45.6 Å². The Hall–Kier alpha value is -5.06. The molecule has 0 aliphatic carbocycles. The number of para-hydroxylation sites is 2. The monoisotopic (exact) mass is 538 g/mol. The van der Waals surface area contributed by atoms with E-state index in [2.05, 4.69) is 0 Å². The van der Waals surface area contributed by atoms with Crippen LogP contribution in [0.2, 0.25) is 0 Å². The van der Waals surface area contributed by atoms with E-state index in [4.69, 9.17) is 11.5 Å². The van der Waals surface area contributed by atoms with Crippen LogP contribution in [0, 0.1) is 0 Å². The van der Waals surface area contributed by atoms with Crippen LogP contribution in [0.3, 0.4) is 0 Å². The Morgan fingerprint density at radius 3 is 1.32 bits per heavy atom. The fourth-order valence-electron chi connectivity index (χ4n) is 4.93. The van der Waals surface area contributed by atoms with Crippen LogP contribution in [0.1, 0.15) is 31.8 Å². The van der Waals surface area contributed by atoms with E-state index in [9.17, 15) is 29.4 Å². The molecule has 10 heteroatoms. The minimum atomic E-state index is -1.15. The maximum absolute atomic E-state index is 13.9. The van der Waals surface area contributed by atoms with Crippen LogP contribution in [0.25, 0.3) is 21.8 Å². The highest BCUT2D eigenvalue weighted by Gasteiger charge is 2.25. The maximum Gasteiger partial charge on any atom is 0.320 e. The van der Waals surface area contributed by atoms with Crippen molar-refractivity contribution in [3.8, 4) is 0 Å². The fraction of sp³-hybridized carbons (Fsp3) is 0.133. The normalized spacial score (nSPS) is 12.8. The van der Waals surface area contributed by atoms with Gasteiger partial charge in [-0.3, -0.25) is 28.3 Å². The highest BCUT2D eigenvalue weighted by atomic mass is 16.4. The Morgan fingerprint density at radius 1 is 0.600 bits per heavy atom. The molecule has 0 aliphatic heterocycles. The summed E-state index contributed by atoms with van der Waals surface area (Å²) in [6.07, 6.45) is 3.17. The molecule has 5 rings (SSSR count). The first-order valence-corrected chi connectivity index (χ1v) is 12.5. The Morgan fingerprint density at radius 2 is 0.950 bits per heavy atom. The lowest BCUT2D eigenvalue weighted by Gasteiger charge is -2.11. The molecular weight excluding hydrogens is 512 g/mol. The van der Waals surface area contributed by atoms with Crippen LogP contribution in [-0.2, 0) is 22.4 Å². The zero-order valence-corrected chi connectivity index (χ0v) is 21.2.